The quantitative estimate of drug-likeness (QED) is 0.270. The largest absolute Gasteiger partial charge is 0.463 e. The molecule has 2 unspecified atom stereocenters. The Balaban J connectivity index is 1.30. The van der Waals surface area contributed by atoms with Gasteiger partial charge < -0.3 is 24.6 Å². The number of carbonyl (C=O) groups is 2. The minimum absolute atomic E-state index is 0.144. The van der Waals surface area contributed by atoms with Crippen LogP contribution in [-0.4, -0.2) is 54.7 Å². The molecule has 2 atom stereocenters. The number of alkyl halides is 1. The molecule has 5 rings (SSSR count). The van der Waals surface area contributed by atoms with Crippen LogP contribution in [0, 0.1) is 0 Å². The third-order valence-electron chi connectivity index (χ3n) is 6.11. The van der Waals surface area contributed by atoms with Crippen molar-refractivity contribution < 1.29 is 19.1 Å². The van der Waals surface area contributed by atoms with Gasteiger partial charge in [0.1, 0.15) is 0 Å². The Bertz CT molecular complexity index is 1240. The number of anilines is 3. The number of hydrogen-bond acceptors (Lipinski definition) is 6. The summed E-state index contributed by atoms with van der Waals surface area (Å²) in [5.41, 5.74) is 2.13. The van der Waals surface area contributed by atoms with Crippen LogP contribution < -0.4 is 10.2 Å². The van der Waals surface area contributed by atoms with E-state index in [9.17, 15) is 9.59 Å². The molecule has 0 spiro atoms. The lowest BCUT2D eigenvalue weighted by atomic mass is 9.97. The molecule has 7 nitrogen and oxygen atoms in total. The van der Waals surface area contributed by atoms with Crippen molar-refractivity contribution in [3.63, 3.8) is 0 Å². The lowest BCUT2D eigenvalue weighted by Crippen LogP contribution is -2.38. The third kappa shape index (κ3) is 3.55. The van der Waals surface area contributed by atoms with Crippen molar-refractivity contribution in [2.75, 3.05) is 37.5 Å². The average Bonchev–Trinajstić information content (AvgIpc) is 3.47. The van der Waals surface area contributed by atoms with Crippen LogP contribution in [0.3, 0.4) is 0 Å². The second-order valence-corrected chi connectivity index (χ2v) is 9.48. The number of halogens is 2. The highest BCUT2D eigenvalue weighted by atomic mass is 35.5. The van der Waals surface area contributed by atoms with Crippen molar-refractivity contribution in [3.05, 3.63) is 77.0 Å². The van der Waals surface area contributed by atoms with E-state index in [0.29, 0.717) is 29.3 Å². The van der Waals surface area contributed by atoms with E-state index in [2.05, 4.69) is 10.2 Å². The molecule has 1 fully saturated rings. The number of allylic oxidation sites excluding steroid dienone is 2. The van der Waals surface area contributed by atoms with E-state index in [0.717, 1.165) is 17.1 Å². The van der Waals surface area contributed by atoms with Crippen molar-refractivity contribution in [1.29, 1.82) is 0 Å². The Morgan fingerprint density at radius 1 is 1.15 bits per heavy atom. The number of para-hydroxylation sites is 3. The van der Waals surface area contributed by atoms with Gasteiger partial charge in [-0.2, -0.15) is 0 Å². The Kier molecular flexibility index (Phi) is 5.59. The maximum Gasteiger partial charge on any atom is 0.347 e. The average molecular weight is 500 g/mol. The van der Waals surface area contributed by atoms with Crippen LogP contribution in [0.2, 0.25) is 0 Å². The van der Waals surface area contributed by atoms with E-state index in [1.54, 1.807) is 31.1 Å². The topological polar surface area (TPSA) is 74.4 Å². The van der Waals surface area contributed by atoms with Crippen molar-refractivity contribution in [2.45, 2.75) is 17.1 Å². The molecule has 1 saturated heterocycles. The summed E-state index contributed by atoms with van der Waals surface area (Å²) in [4.78, 5) is 29.5. The molecular weight excluding hydrogens is 477 g/mol. The second kappa shape index (κ2) is 8.34. The SMILES string of the molecule is CN(C)C1=CC(Cl)=CC2(C(=O)OCCCN3c4ccccc4NC(=O)c4ccccc43)OC12Cl. The number of likely N-dealkylation sites (N-methyl/N-ethyl adjacent to an activating group) is 1. The van der Waals surface area contributed by atoms with E-state index in [4.69, 9.17) is 32.7 Å². The van der Waals surface area contributed by atoms with Gasteiger partial charge in [0, 0.05) is 25.7 Å². The Labute approximate surface area is 207 Å². The lowest BCUT2D eigenvalue weighted by molar-refractivity contribution is -0.148. The number of fused-ring (bicyclic) bond motifs is 3. The van der Waals surface area contributed by atoms with E-state index < -0.39 is 16.6 Å². The van der Waals surface area contributed by atoms with Gasteiger partial charge in [-0.05, 0) is 42.8 Å². The van der Waals surface area contributed by atoms with Gasteiger partial charge >= 0.3 is 5.97 Å². The maximum atomic E-state index is 13.0. The summed E-state index contributed by atoms with van der Waals surface area (Å²) >= 11 is 12.8. The molecule has 1 amide bonds. The fraction of sp³-hybridized carbons (Fsp3) is 0.280. The molecule has 0 bridgehead atoms. The summed E-state index contributed by atoms with van der Waals surface area (Å²) in [5, 5.41) is 2.01. The maximum absolute atomic E-state index is 13.0. The number of esters is 1. The van der Waals surface area contributed by atoms with Crippen LogP contribution in [0.25, 0.3) is 0 Å². The van der Waals surface area contributed by atoms with Crippen LogP contribution in [0.1, 0.15) is 16.8 Å². The summed E-state index contributed by atoms with van der Waals surface area (Å²) in [7, 11) is 3.61. The zero-order chi connectivity index (χ0) is 24.1. The van der Waals surface area contributed by atoms with Gasteiger partial charge in [0.2, 0.25) is 10.7 Å². The van der Waals surface area contributed by atoms with Crippen LogP contribution in [0.5, 0.6) is 0 Å². The van der Waals surface area contributed by atoms with Crippen LogP contribution in [0.15, 0.2) is 71.4 Å². The van der Waals surface area contributed by atoms with Crippen molar-refractivity contribution in [1.82, 2.24) is 4.90 Å². The molecule has 34 heavy (non-hydrogen) atoms. The number of carbonyl (C=O) groups excluding carboxylic acids is 2. The third-order valence-corrected chi connectivity index (χ3v) is 6.88. The second-order valence-electron chi connectivity index (χ2n) is 8.52. The summed E-state index contributed by atoms with van der Waals surface area (Å²) in [5.74, 6) is -0.743. The summed E-state index contributed by atoms with van der Waals surface area (Å²) in [6.45, 7) is 0.668. The molecule has 3 aliphatic rings. The van der Waals surface area contributed by atoms with Gasteiger partial charge in [-0.25, -0.2) is 4.79 Å². The van der Waals surface area contributed by atoms with E-state index in [1.165, 1.54) is 6.08 Å². The monoisotopic (exact) mass is 499 g/mol. The Hall–Kier alpha value is -3.00. The highest BCUT2D eigenvalue weighted by Gasteiger charge is 2.78. The first-order valence-corrected chi connectivity index (χ1v) is 11.6. The zero-order valence-corrected chi connectivity index (χ0v) is 20.2. The number of nitrogens with zero attached hydrogens (tertiary/aromatic N) is 2. The molecule has 2 aromatic carbocycles. The lowest BCUT2D eigenvalue weighted by Gasteiger charge is -2.26. The van der Waals surface area contributed by atoms with Crippen molar-refractivity contribution in [3.8, 4) is 0 Å². The number of hydrogen-bond donors (Lipinski definition) is 1. The minimum atomic E-state index is -1.43. The Morgan fingerprint density at radius 3 is 2.62 bits per heavy atom. The van der Waals surface area contributed by atoms with Crippen LogP contribution in [0.4, 0.5) is 17.1 Å². The molecule has 9 heteroatoms. The molecule has 0 saturated carbocycles. The predicted octanol–water partition coefficient (Wildman–Crippen LogP) is 4.61. The van der Waals surface area contributed by atoms with Gasteiger partial charge in [-0.3, -0.25) is 4.79 Å². The summed E-state index contributed by atoms with van der Waals surface area (Å²) < 4.78 is 11.3. The van der Waals surface area contributed by atoms with Gasteiger partial charge in [0.25, 0.3) is 5.91 Å². The van der Waals surface area contributed by atoms with Crippen molar-refractivity contribution >= 4 is 52.1 Å². The highest BCUT2D eigenvalue weighted by molar-refractivity contribution is 6.35. The first kappa shape index (κ1) is 22.8. The van der Waals surface area contributed by atoms with Gasteiger partial charge in [0.15, 0.2) is 0 Å². The molecule has 1 aliphatic carbocycles. The van der Waals surface area contributed by atoms with E-state index >= 15 is 0 Å². The molecule has 2 heterocycles. The summed E-state index contributed by atoms with van der Waals surface area (Å²) in [6.07, 6.45) is 3.69. The van der Waals surface area contributed by atoms with E-state index in [-0.39, 0.29) is 12.5 Å². The normalized spacial score (nSPS) is 24.5. The number of benzene rings is 2. The fourth-order valence-electron chi connectivity index (χ4n) is 4.44. The minimum Gasteiger partial charge on any atom is -0.463 e. The van der Waals surface area contributed by atoms with Crippen LogP contribution in [-0.2, 0) is 14.3 Å². The zero-order valence-electron chi connectivity index (χ0n) is 18.7. The number of amides is 1. The molecule has 1 N–H and O–H groups in total. The highest BCUT2D eigenvalue weighted by Crippen LogP contribution is 2.61. The first-order valence-electron chi connectivity index (χ1n) is 10.9. The number of nitrogens with one attached hydrogen (secondary N) is 1. The summed E-state index contributed by atoms with van der Waals surface area (Å²) in [6, 6.07) is 15.0. The molecule has 2 aliphatic heterocycles. The smallest absolute Gasteiger partial charge is 0.347 e. The number of epoxide rings is 1. The van der Waals surface area contributed by atoms with Crippen LogP contribution >= 0.6 is 23.2 Å². The molecule has 2 aromatic rings. The van der Waals surface area contributed by atoms with E-state index in [1.807, 2.05) is 42.5 Å². The van der Waals surface area contributed by atoms with Gasteiger partial charge in [-0.1, -0.05) is 47.5 Å². The molecule has 0 aromatic heterocycles. The number of rotatable bonds is 6. The molecule has 0 radical (unpaired) electrons. The predicted molar refractivity (Wildman–Crippen MR) is 132 cm³/mol. The molecular formula is C25H23Cl2N3O4. The first-order chi connectivity index (χ1) is 16.3. The Morgan fingerprint density at radius 2 is 1.85 bits per heavy atom. The molecule has 176 valence electrons. The van der Waals surface area contributed by atoms with Gasteiger partial charge in [0.05, 0.1) is 34.9 Å². The van der Waals surface area contributed by atoms with Crippen molar-refractivity contribution in [2.24, 2.45) is 0 Å². The fourth-order valence-corrected chi connectivity index (χ4v) is 5.17. The standard InChI is InChI=1S/C25H23Cl2N3O4/c1-29(2)21-14-16(26)15-24(25(21,27)34-24)23(32)33-13-7-12-30-19-10-5-3-8-17(19)22(31)28-18-9-4-6-11-20(18)30/h3-6,8-11,14-15H,7,12-13H2,1-2H3,(H,28,31). The number of ether oxygens (including phenoxy) is 2. The van der Waals surface area contributed by atoms with Gasteiger partial charge in [-0.15, -0.1) is 0 Å².